The van der Waals surface area contributed by atoms with Crippen LogP contribution in [0.4, 0.5) is 0 Å². The summed E-state index contributed by atoms with van der Waals surface area (Å²) >= 11 is 0. The number of benzene rings is 2. The molecule has 2 amide bonds. The summed E-state index contributed by atoms with van der Waals surface area (Å²) in [5, 5.41) is 4.81. The largest absolute Gasteiger partial charge is 0.346 e. The Kier molecular flexibility index (Phi) is 7.46. The van der Waals surface area contributed by atoms with E-state index >= 15 is 0 Å². The molecular weight excluding hydrogens is 424 g/mol. The van der Waals surface area contributed by atoms with Gasteiger partial charge in [0.1, 0.15) is 5.69 Å². The lowest BCUT2D eigenvalue weighted by Crippen LogP contribution is -2.43. The Morgan fingerprint density at radius 2 is 1.79 bits per heavy atom. The van der Waals surface area contributed by atoms with E-state index in [1.165, 1.54) is 0 Å². The van der Waals surface area contributed by atoms with Crippen molar-refractivity contribution in [2.75, 3.05) is 26.7 Å². The van der Waals surface area contributed by atoms with Gasteiger partial charge in [-0.3, -0.25) is 9.59 Å². The molecular formula is C28H34N4O2. The third-order valence-electron chi connectivity index (χ3n) is 6.61. The molecule has 6 nitrogen and oxygen atoms in total. The molecule has 6 heteroatoms. The van der Waals surface area contributed by atoms with Crippen LogP contribution in [0.5, 0.6) is 0 Å². The number of para-hydroxylation sites is 1. The molecule has 0 radical (unpaired) electrons. The van der Waals surface area contributed by atoms with Crippen LogP contribution in [0.2, 0.25) is 0 Å². The van der Waals surface area contributed by atoms with E-state index in [0.717, 1.165) is 36.2 Å². The van der Waals surface area contributed by atoms with Crippen molar-refractivity contribution in [2.45, 2.75) is 39.5 Å². The zero-order valence-corrected chi connectivity index (χ0v) is 20.4. The number of hydrogen-bond donors (Lipinski definition) is 0. The summed E-state index contributed by atoms with van der Waals surface area (Å²) in [6, 6.07) is 17.9. The van der Waals surface area contributed by atoms with Crippen molar-refractivity contribution >= 4 is 11.8 Å². The second-order valence-corrected chi connectivity index (χ2v) is 9.22. The lowest BCUT2D eigenvalue weighted by atomic mass is 9.94. The summed E-state index contributed by atoms with van der Waals surface area (Å²) in [6.07, 6.45) is 5.34. The predicted molar refractivity (Wildman–Crippen MR) is 135 cm³/mol. The first-order valence-electron chi connectivity index (χ1n) is 12.2. The SMILES string of the molecule is CCCCN(C)C(=O)C1CCN(C(=O)c2cn(-c3ccccc3)nc2-c2cccc(C)c2)CC1. The summed E-state index contributed by atoms with van der Waals surface area (Å²) in [5.41, 5.74) is 4.25. The van der Waals surface area contributed by atoms with Crippen LogP contribution in [-0.2, 0) is 4.79 Å². The molecule has 3 aromatic rings. The molecule has 1 aliphatic rings. The fourth-order valence-corrected chi connectivity index (χ4v) is 4.57. The number of carbonyl (C=O) groups is 2. The highest BCUT2D eigenvalue weighted by atomic mass is 16.2. The third-order valence-corrected chi connectivity index (χ3v) is 6.61. The van der Waals surface area contributed by atoms with E-state index in [9.17, 15) is 9.59 Å². The maximum atomic E-state index is 13.7. The molecule has 1 aliphatic heterocycles. The summed E-state index contributed by atoms with van der Waals surface area (Å²) in [5.74, 6) is 0.177. The zero-order chi connectivity index (χ0) is 24.1. The van der Waals surface area contributed by atoms with Crippen molar-refractivity contribution < 1.29 is 9.59 Å². The quantitative estimate of drug-likeness (QED) is 0.503. The van der Waals surface area contributed by atoms with Crippen LogP contribution in [0, 0.1) is 12.8 Å². The number of likely N-dealkylation sites (tertiary alicyclic amines) is 1. The van der Waals surface area contributed by atoms with Gasteiger partial charge in [-0.2, -0.15) is 5.10 Å². The van der Waals surface area contributed by atoms with Gasteiger partial charge in [0, 0.05) is 44.4 Å². The highest BCUT2D eigenvalue weighted by molar-refractivity contribution is 6.00. The van der Waals surface area contributed by atoms with Gasteiger partial charge in [-0.05, 0) is 44.4 Å². The van der Waals surface area contributed by atoms with E-state index in [2.05, 4.69) is 13.0 Å². The van der Waals surface area contributed by atoms with Gasteiger partial charge in [0.05, 0.1) is 11.3 Å². The van der Waals surface area contributed by atoms with E-state index in [1.807, 2.05) is 78.5 Å². The molecule has 2 aromatic carbocycles. The first kappa shape index (κ1) is 23.7. The Bertz CT molecular complexity index is 1130. The Morgan fingerprint density at radius 1 is 1.06 bits per heavy atom. The van der Waals surface area contributed by atoms with Gasteiger partial charge < -0.3 is 9.80 Å². The molecule has 2 heterocycles. The van der Waals surface area contributed by atoms with E-state index in [0.29, 0.717) is 37.2 Å². The summed E-state index contributed by atoms with van der Waals surface area (Å²) < 4.78 is 1.78. The Balaban J connectivity index is 1.55. The number of hydrogen-bond acceptors (Lipinski definition) is 3. The van der Waals surface area contributed by atoms with Crippen LogP contribution in [0.25, 0.3) is 16.9 Å². The molecule has 0 atom stereocenters. The van der Waals surface area contributed by atoms with Gasteiger partial charge in [-0.25, -0.2) is 4.68 Å². The smallest absolute Gasteiger partial charge is 0.257 e. The number of rotatable bonds is 7. The summed E-state index contributed by atoms with van der Waals surface area (Å²) in [7, 11) is 1.89. The minimum atomic E-state index is -0.0241. The van der Waals surface area contributed by atoms with Crippen LogP contribution in [-0.4, -0.2) is 58.1 Å². The zero-order valence-electron chi connectivity index (χ0n) is 20.4. The van der Waals surface area contributed by atoms with E-state index in [4.69, 9.17) is 5.10 Å². The molecule has 0 saturated carbocycles. The van der Waals surface area contributed by atoms with Crippen LogP contribution >= 0.6 is 0 Å². The maximum Gasteiger partial charge on any atom is 0.257 e. The number of piperidine rings is 1. The molecule has 1 fully saturated rings. The predicted octanol–water partition coefficient (Wildman–Crippen LogP) is 4.96. The Morgan fingerprint density at radius 3 is 2.47 bits per heavy atom. The second kappa shape index (κ2) is 10.7. The molecule has 0 aliphatic carbocycles. The minimum absolute atomic E-state index is 0.00538. The fourth-order valence-electron chi connectivity index (χ4n) is 4.57. The van der Waals surface area contributed by atoms with Crippen molar-refractivity contribution in [1.29, 1.82) is 0 Å². The average Bonchev–Trinajstić information content (AvgIpc) is 3.32. The highest BCUT2D eigenvalue weighted by Gasteiger charge is 2.31. The van der Waals surface area contributed by atoms with Crippen molar-refractivity contribution in [1.82, 2.24) is 19.6 Å². The topological polar surface area (TPSA) is 58.4 Å². The number of aryl methyl sites for hydroxylation is 1. The summed E-state index contributed by atoms with van der Waals surface area (Å²) in [6.45, 7) is 6.14. The Hall–Kier alpha value is -3.41. The van der Waals surface area contributed by atoms with Crippen molar-refractivity contribution in [3.8, 4) is 16.9 Å². The summed E-state index contributed by atoms with van der Waals surface area (Å²) in [4.78, 5) is 30.2. The first-order chi connectivity index (χ1) is 16.5. The molecule has 4 rings (SSSR count). The molecule has 0 N–H and O–H groups in total. The number of carbonyl (C=O) groups excluding carboxylic acids is 2. The standard InChI is InChI=1S/C28H34N4O2/c1-4-5-16-30(3)27(33)22-14-17-31(18-15-22)28(34)25-20-32(24-12-7-6-8-13-24)29-26(25)23-11-9-10-21(2)19-23/h6-13,19-20,22H,4-5,14-18H2,1-3H3. The maximum absolute atomic E-state index is 13.7. The normalized spacial score (nSPS) is 14.3. The van der Waals surface area contributed by atoms with Gasteiger partial charge in [0.2, 0.25) is 5.91 Å². The highest BCUT2D eigenvalue weighted by Crippen LogP contribution is 2.28. The lowest BCUT2D eigenvalue weighted by Gasteiger charge is -2.33. The Labute approximate surface area is 202 Å². The van der Waals surface area contributed by atoms with Crippen molar-refractivity contribution in [2.24, 2.45) is 5.92 Å². The average molecular weight is 459 g/mol. The third kappa shape index (κ3) is 5.22. The fraction of sp³-hybridized carbons (Fsp3) is 0.393. The first-order valence-corrected chi connectivity index (χ1v) is 12.2. The molecule has 34 heavy (non-hydrogen) atoms. The lowest BCUT2D eigenvalue weighted by molar-refractivity contribution is -0.135. The molecule has 0 spiro atoms. The van der Waals surface area contributed by atoms with Crippen LogP contribution in [0.1, 0.15) is 48.5 Å². The molecule has 178 valence electrons. The monoisotopic (exact) mass is 458 g/mol. The van der Waals surface area contributed by atoms with Gasteiger partial charge in [0.25, 0.3) is 5.91 Å². The van der Waals surface area contributed by atoms with E-state index < -0.39 is 0 Å². The number of unbranched alkanes of at least 4 members (excludes halogenated alkanes) is 1. The number of amides is 2. The van der Waals surface area contributed by atoms with E-state index in [-0.39, 0.29) is 17.7 Å². The van der Waals surface area contributed by atoms with Crippen molar-refractivity contribution in [3.63, 3.8) is 0 Å². The van der Waals surface area contributed by atoms with Crippen LogP contribution < -0.4 is 0 Å². The molecule has 1 saturated heterocycles. The van der Waals surface area contributed by atoms with E-state index in [1.54, 1.807) is 4.68 Å². The number of nitrogens with zero attached hydrogens (tertiary/aromatic N) is 4. The van der Waals surface area contributed by atoms with Gasteiger partial charge in [0.15, 0.2) is 0 Å². The number of aromatic nitrogens is 2. The minimum Gasteiger partial charge on any atom is -0.346 e. The van der Waals surface area contributed by atoms with Gasteiger partial charge in [-0.15, -0.1) is 0 Å². The second-order valence-electron chi connectivity index (χ2n) is 9.22. The molecule has 1 aromatic heterocycles. The van der Waals surface area contributed by atoms with Crippen LogP contribution in [0.3, 0.4) is 0 Å². The van der Waals surface area contributed by atoms with Gasteiger partial charge in [-0.1, -0.05) is 55.3 Å². The van der Waals surface area contributed by atoms with Crippen molar-refractivity contribution in [3.05, 3.63) is 71.9 Å². The molecule has 0 unspecified atom stereocenters. The molecule has 0 bridgehead atoms. The van der Waals surface area contributed by atoms with Crippen LogP contribution in [0.15, 0.2) is 60.8 Å². The van der Waals surface area contributed by atoms with Gasteiger partial charge >= 0.3 is 0 Å².